The van der Waals surface area contributed by atoms with E-state index in [1.165, 1.54) is 66.4 Å². The largest absolute Gasteiger partial charge is 0.309 e. The summed E-state index contributed by atoms with van der Waals surface area (Å²) in [4.78, 5) is 10.1. The molecular weight excluding hydrogens is 571 g/mol. The molecule has 9 aromatic rings. The van der Waals surface area contributed by atoms with E-state index in [9.17, 15) is 0 Å². The molecule has 0 fully saturated rings. The van der Waals surface area contributed by atoms with Crippen LogP contribution in [0.25, 0.3) is 94.4 Å². The van der Waals surface area contributed by atoms with Gasteiger partial charge in [0, 0.05) is 33.0 Å². The summed E-state index contributed by atoms with van der Waals surface area (Å²) < 4.78 is 2.36. The fourth-order valence-electron chi connectivity index (χ4n) is 7.33. The Labute approximate surface area is 272 Å². The van der Waals surface area contributed by atoms with Crippen molar-refractivity contribution in [2.75, 3.05) is 0 Å². The molecule has 0 atom stereocenters. The van der Waals surface area contributed by atoms with Gasteiger partial charge in [-0.2, -0.15) is 0 Å². The van der Waals surface area contributed by atoms with Gasteiger partial charge in [0.2, 0.25) is 0 Å². The summed E-state index contributed by atoms with van der Waals surface area (Å²) in [6, 6.07) is 58.5. The zero-order chi connectivity index (χ0) is 30.9. The SMILES string of the molecule is c1ccc(-n2c3ccccc3c3cc(-c4ccc(-c5ccc(-c6nc7c8c(cccc8n6)-c6ccccc6-7)cc5)cc4)ccc32)cc1. The first-order chi connectivity index (χ1) is 23.3. The van der Waals surface area contributed by atoms with E-state index in [0.717, 1.165) is 28.0 Å². The van der Waals surface area contributed by atoms with E-state index in [0.29, 0.717) is 0 Å². The lowest BCUT2D eigenvalue weighted by Gasteiger charge is -2.09. The van der Waals surface area contributed by atoms with Crippen LogP contribution in [0.1, 0.15) is 0 Å². The van der Waals surface area contributed by atoms with Crippen LogP contribution in [0, 0.1) is 0 Å². The molecule has 0 radical (unpaired) electrons. The third-order valence-corrected chi connectivity index (χ3v) is 9.58. The van der Waals surface area contributed by atoms with Gasteiger partial charge >= 0.3 is 0 Å². The average molecular weight is 598 g/mol. The third-order valence-electron chi connectivity index (χ3n) is 9.58. The van der Waals surface area contributed by atoms with Gasteiger partial charge < -0.3 is 4.57 Å². The standard InChI is InChI=1S/C44H27N3/c1-2-9-33(10-3-1)47-40-16-7-6-12-35(40)38-27-32(25-26-41(38)47)30-19-17-28(18-20-30)29-21-23-31(24-22-29)44-45-39-15-8-14-36-34-11-4-5-13-37(34)43(46-44)42(36)39/h1-27H. The summed E-state index contributed by atoms with van der Waals surface area (Å²) in [6.45, 7) is 0. The van der Waals surface area contributed by atoms with Crippen LogP contribution in [-0.4, -0.2) is 14.5 Å². The summed E-state index contributed by atoms with van der Waals surface area (Å²) in [5, 5.41) is 3.67. The molecule has 10 rings (SSSR count). The Morgan fingerprint density at radius 2 is 0.979 bits per heavy atom. The molecule has 47 heavy (non-hydrogen) atoms. The van der Waals surface area contributed by atoms with Crippen molar-refractivity contribution in [2.45, 2.75) is 0 Å². The normalized spacial score (nSPS) is 11.8. The molecule has 218 valence electrons. The van der Waals surface area contributed by atoms with Crippen molar-refractivity contribution in [1.82, 2.24) is 14.5 Å². The Kier molecular flexibility index (Phi) is 5.57. The summed E-state index contributed by atoms with van der Waals surface area (Å²) in [5.74, 6) is 0.757. The van der Waals surface area contributed by atoms with Gasteiger partial charge in [-0.15, -0.1) is 0 Å². The number of benzene rings is 7. The van der Waals surface area contributed by atoms with E-state index in [-0.39, 0.29) is 0 Å². The number of nitrogens with zero attached hydrogens (tertiary/aromatic N) is 3. The Balaban J connectivity index is 0.979. The van der Waals surface area contributed by atoms with Gasteiger partial charge in [-0.3, -0.25) is 0 Å². The van der Waals surface area contributed by atoms with E-state index < -0.39 is 0 Å². The number of rotatable bonds is 4. The molecule has 0 saturated carbocycles. The van der Waals surface area contributed by atoms with E-state index in [1.807, 2.05) is 0 Å². The smallest absolute Gasteiger partial charge is 0.160 e. The number of fused-ring (bicyclic) bond motifs is 6. The van der Waals surface area contributed by atoms with Crippen LogP contribution in [0.3, 0.4) is 0 Å². The predicted molar refractivity (Wildman–Crippen MR) is 195 cm³/mol. The lowest BCUT2D eigenvalue weighted by molar-refractivity contribution is 1.18. The summed E-state index contributed by atoms with van der Waals surface area (Å²) in [6.07, 6.45) is 0. The molecule has 0 N–H and O–H groups in total. The molecule has 0 aliphatic heterocycles. The number of para-hydroxylation sites is 2. The minimum Gasteiger partial charge on any atom is -0.309 e. The Hall–Kier alpha value is -6.32. The van der Waals surface area contributed by atoms with Gasteiger partial charge in [-0.1, -0.05) is 127 Å². The summed E-state index contributed by atoms with van der Waals surface area (Å²) in [7, 11) is 0. The van der Waals surface area contributed by atoms with Crippen LogP contribution in [-0.2, 0) is 0 Å². The van der Waals surface area contributed by atoms with E-state index in [2.05, 4.69) is 168 Å². The van der Waals surface area contributed by atoms with Crippen LogP contribution >= 0.6 is 0 Å². The van der Waals surface area contributed by atoms with Crippen LogP contribution in [0.5, 0.6) is 0 Å². The van der Waals surface area contributed by atoms with Crippen molar-refractivity contribution in [1.29, 1.82) is 0 Å². The monoisotopic (exact) mass is 597 g/mol. The molecule has 0 spiro atoms. The number of hydrogen-bond acceptors (Lipinski definition) is 2. The highest BCUT2D eigenvalue weighted by atomic mass is 15.0. The molecule has 2 aromatic heterocycles. The van der Waals surface area contributed by atoms with E-state index >= 15 is 0 Å². The topological polar surface area (TPSA) is 30.7 Å². The van der Waals surface area contributed by atoms with Crippen molar-refractivity contribution in [3.63, 3.8) is 0 Å². The molecular formula is C44H27N3. The molecule has 0 amide bonds. The van der Waals surface area contributed by atoms with Crippen LogP contribution < -0.4 is 0 Å². The van der Waals surface area contributed by atoms with E-state index in [4.69, 9.17) is 9.97 Å². The van der Waals surface area contributed by atoms with Crippen LogP contribution in [0.2, 0.25) is 0 Å². The second kappa shape index (κ2) is 10.1. The predicted octanol–water partition coefficient (Wildman–Crippen LogP) is 11.4. The fourth-order valence-corrected chi connectivity index (χ4v) is 7.33. The van der Waals surface area contributed by atoms with Crippen molar-refractivity contribution < 1.29 is 0 Å². The highest BCUT2D eigenvalue weighted by molar-refractivity contribution is 6.13. The van der Waals surface area contributed by atoms with Crippen molar-refractivity contribution >= 4 is 32.7 Å². The van der Waals surface area contributed by atoms with Gasteiger partial charge in [0.1, 0.15) is 0 Å². The minimum absolute atomic E-state index is 0.757. The Bertz CT molecular complexity index is 2650. The van der Waals surface area contributed by atoms with E-state index in [1.54, 1.807) is 0 Å². The molecule has 3 nitrogen and oxygen atoms in total. The maximum Gasteiger partial charge on any atom is 0.160 e. The first-order valence-corrected chi connectivity index (χ1v) is 16.0. The Morgan fingerprint density at radius 3 is 1.77 bits per heavy atom. The molecule has 0 unspecified atom stereocenters. The average Bonchev–Trinajstić information content (AvgIpc) is 3.65. The minimum atomic E-state index is 0.757. The van der Waals surface area contributed by atoms with Crippen molar-refractivity contribution in [3.8, 4) is 61.7 Å². The van der Waals surface area contributed by atoms with Gasteiger partial charge in [-0.05, 0) is 69.8 Å². The van der Waals surface area contributed by atoms with Gasteiger partial charge in [0.25, 0.3) is 0 Å². The van der Waals surface area contributed by atoms with Crippen molar-refractivity contribution in [3.05, 3.63) is 164 Å². The van der Waals surface area contributed by atoms with Crippen LogP contribution in [0.15, 0.2) is 164 Å². The zero-order valence-electron chi connectivity index (χ0n) is 25.4. The molecule has 2 heterocycles. The highest BCUT2D eigenvalue weighted by Gasteiger charge is 2.24. The fraction of sp³-hybridized carbons (Fsp3) is 0. The molecule has 0 saturated heterocycles. The first kappa shape index (κ1) is 26.0. The second-order valence-electron chi connectivity index (χ2n) is 12.2. The molecule has 1 aliphatic rings. The molecule has 1 aliphatic carbocycles. The highest BCUT2D eigenvalue weighted by Crippen LogP contribution is 2.46. The maximum absolute atomic E-state index is 5.08. The van der Waals surface area contributed by atoms with Crippen LogP contribution in [0.4, 0.5) is 0 Å². The summed E-state index contributed by atoms with van der Waals surface area (Å²) >= 11 is 0. The lowest BCUT2D eigenvalue weighted by Crippen LogP contribution is -1.93. The summed E-state index contributed by atoms with van der Waals surface area (Å²) in [5.41, 5.74) is 15.0. The lowest BCUT2D eigenvalue weighted by atomic mass is 9.98. The number of hydrogen-bond donors (Lipinski definition) is 0. The van der Waals surface area contributed by atoms with Crippen molar-refractivity contribution in [2.24, 2.45) is 0 Å². The maximum atomic E-state index is 5.08. The second-order valence-corrected chi connectivity index (χ2v) is 12.2. The quantitative estimate of drug-likeness (QED) is 0.202. The number of aromatic nitrogens is 3. The van der Waals surface area contributed by atoms with Gasteiger partial charge in [-0.25, -0.2) is 9.97 Å². The first-order valence-electron chi connectivity index (χ1n) is 16.0. The van der Waals surface area contributed by atoms with Gasteiger partial charge in [0.05, 0.1) is 22.2 Å². The third kappa shape index (κ3) is 4.00. The molecule has 0 bridgehead atoms. The Morgan fingerprint density at radius 1 is 0.383 bits per heavy atom. The molecule has 7 aromatic carbocycles. The van der Waals surface area contributed by atoms with Gasteiger partial charge in [0.15, 0.2) is 5.82 Å². The molecule has 3 heteroatoms. The zero-order valence-corrected chi connectivity index (χ0v) is 25.4.